The van der Waals surface area contributed by atoms with Gasteiger partial charge in [0.15, 0.2) is 0 Å². The fourth-order valence-corrected chi connectivity index (χ4v) is 3.81. The zero-order chi connectivity index (χ0) is 19.3. The summed E-state index contributed by atoms with van der Waals surface area (Å²) in [5.41, 5.74) is 4.67. The third-order valence-corrected chi connectivity index (χ3v) is 5.54. The Kier molecular flexibility index (Phi) is 5.41. The number of nitrogens with zero attached hydrogens (tertiary/aromatic N) is 3. The van der Waals surface area contributed by atoms with Crippen LogP contribution < -0.4 is 10.2 Å². The van der Waals surface area contributed by atoms with Crippen molar-refractivity contribution in [3.63, 3.8) is 0 Å². The Morgan fingerprint density at radius 1 is 1.11 bits per heavy atom. The van der Waals surface area contributed by atoms with Crippen molar-refractivity contribution < 1.29 is 5.11 Å². The Morgan fingerprint density at radius 2 is 1.86 bits per heavy atom. The first-order chi connectivity index (χ1) is 13.8. The number of hydrogen-bond acceptors (Lipinski definition) is 5. The number of aromatic nitrogens is 1. The van der Waals surface area contributed by atoms with Crippen molar-refractivity contribution in [1.29, 1.82) is 5.26 Å². The van der Waals surface area contributed by atoms with Gasteiger partial charge in [-0.05, 0) is 42.5 Å². The van der Waals surface area contributed by atoms with Crippen LogP contribution in [0.1, 0.15) is 24.0 Å². The zero-order valence-electron chi connectivity index (χ0n) is 15.8. The monoisotopic (exact) mass is 372 g/mol. The van der Waals surface area contributed by atoms with Crippen LogP contribution >= 0.6 is 0 Å². The second kappa shape index (κ2) is 8.28. The molecule has 0 atom stereocenters. The van der Waals surface area contributed by atoms with E-state index in [0.717, 1.165) is 42.5 Å². The molecule has 0 amide bonds. The van der Waals surface area contributed by atoms with E-state index in [1.165, 1.54) is 11.3 Å². The summed E-state index contributed by atoms with van der Waals surface area (Å²) in [6.45, 7) is 2.94. The molecule has 5 nitrogen and oxygen atoms in total. The number of anilines is 2. The Hall–Kier alpha value is -3.10. The highest BCUT2D eigenvalue weighted by atomic mass is 16.3. The van der Waals surface area contributed by atoms with Gasteiger partial charge in [0.2, 0.25) is 0 Å². The standard InChI is InChI=1S/C23H24N4O/c24-13-19-15-25-22-4-2-1-3-21(22)23(19)26-14-17-5-7-20(8-6-17)27-11-9-18(16-28)10-12-27/h1-8,15,18,28H,9-12,14,16H2,(H,25,26). The number of benzene rings is 2. The van der Waals surface area contributed by atoms with Crippen LogP contribution in [0.5, 0.6) is 0 Å². The average Bonchev–Trinajstić information content (AvgIpc) is 2.77. The van der Waals surface area contributed by atoms with Gasteiger partial charge >= 0.3 is 0 Å². The van der Waals surface area contributed by atoms with Crippen LogP contribution in [0.25, 0.3) is 10.9 Å². The first-order valence-corrected chi connectivity index (χ1v) is 9.75. The highest BCUT2D eigenvalue weighted by Crippen LogP contribution is 2.27. The van der Waals surface area contributed by atoms with Crippen LogP contribution in [-0.2, 0) is 6.54 Å². The molecule has 0 spiro atoms. The van der Waals surface area contributed by atoms with E-state index >= 15 is 0 Å². The van der Waals surface area contributed by atoms with Crippen LogP contribution in [0.15, 0.2) is 54.7 Å². The smallest absolute Gasteiger partial charge is 0.103 e. The number of para-hydroxylation sites is 1. The molecular weight excluding hydrogens is 348 g/mol. The number of piperidine rings is 1. The first kappa shape index (κ1) is 18.3. The summed E-state index contributed by atoms with van der Waals surface area (Å²) >= 11 is 0. The Bertz CT molecular complexity index is 986. The molecule has 1 saturated heterocycles. The number of nitriles is 1. The van der Waals surface area contributed by atoms with E-state index in [-0.39, 0.29) is 0 Å². The van der Waals surface area contributed by atoms with E-state index in [2.05, 4.69) is 45.5 Å². The van der Waals surface area contributed by atoms with Crippen molar-refractivity contribution in [2.75, 3.05) is 29.9 Å². The highest BCUT2D eigenvalue weighted by molar-refractivity contribution is 5.93. The number of nitrogens with one attached hydrogen (secondary N) is 1. The molecule has 1 aliphatic rings. The Morgan fingerprint density at radius 3 is 2.57 bits per heavy atom. The molecule has 1 aliphatic heterocycles. The van der Waals surface area contributed by atoms with Crippen molar-refractivity contribution in [2.45, 2.75) is 19.4 Å². The van der Waals surface area contributed by atoms with Gasteiger partial charge in [-0.1, -0.05) is 30.3 Å². The predicted molar refractivity (Wildman–Crippen MR) is 112 cm³/mol. The largest absolute Gasteiger partial charge is 0.396 e. The third-order valence-electron chi connectivity index (χ3n) is 5.54. The van der Waals surface area contributed by atoms with Crippen molar-refractivity contribution in [3.8, 4) is 6.07 Å². The summed E-state index contributed by atoms with van der Waals surface area (Å²) in [4.78, 5) is 6.74. The van der Waals surface area contributed by atoms with E-state index in [9.17, 15) is 10.4 Å². The molecule has 2 aromatic carbocycles. The van der Waals surface area contributed by atoms with Crippen molar-refractivity contribution in [2.24, 2.45) is 5.92 Å². The molecule has 2 N–H and O–H groups in total. The van der Waals surface area contributed by atoms with Gasteiger partial charge in [0.1, 0.15) is 6.07 Å². The summed E-state index contributed by atoms with van der Waals surface area (Å²) < 4.78 is 0. The van der Waals surface area contributed by atoms with E-state index < -0.39 is 0 Å². The maximum Gasteiger partial charge on any atom is 0.103 e. The quantitative estimate of drug-likeness (QED) is 0.710. The fraction of sp³-hybridized carbons (Fsp3) is 0.304. The van der Waals surface area contributed by atoms with Gasteiger partial charge in [-0.15, -0.1) is 0 Å². The highest BCUT2D eigenvalue weighted by Gasteiger charge is 2.18. The Balaban J connectivity index is 1.46. The number of pyridine rings is 1. The summed E-state index contributed by atoms with van der Waals surface area (Å²) in [6, 6.07) is 18.7. The van der Waals surface area contributed by atoms with Crippen LogP contribution in [0.3, 0.4) is 0 Å². The number of aliphatic hydroxyl groups excluding tert-OH is 1. The minimum Gasteiger partial charge on any atom is -0.396 e. The minimum absolute atomic E-state index is 0.298. The molecule has 0 saturated carbocycles. The van der Waals surface area contributed by atoms with Crippen LogP contribution in [0.4, 0.5) is 11.4 Å². The molecular formula is C23H24N4O. The van der Waals surface area contributed by atoms with Gasteiger partial charge in [0.05, 0.1) is 16.8 Å². The van der Waals surface area contributed by atoms with Crippen molar-refractivity contribution in [1.82, 2.24) is 4.98 Å². The van der Waals surface area contributed by atoms with E-state index in [1.807, 2.05) is 24.3 Å². The molecule has 142 valence electrons. The lowest BCUT2D eigenvalue weighted by molar-refractivity contribution is 0.203. The summed E-state index contributed by atoms with van der Waals surface area (Å²) in [6.07, 6.45) is 3.72. The molecule has 0 radical (unpaired) electrons. The maximum atomic E-state index is 9.44. The third kappa shape index (κ3) is 3.78. The minimum atomic E-state index is 0.298. The average molecular weight is 372 g/mol. The van der Waals surface area contributed by atoms with Crippen molar-refractivity contribution >= 4 is 22.3 Å². The first-order valence-electron chi connectivity index (χ1n) is 9.75. The number of hydrogen-bond donors (Lipinski definition) is 2. The predicted octanol–water partition coefficient (Wildman–Crippen LogP) is 3.93. The van der Waals surface area contributed by atoms with E-state index in [1.54, 1.807) is 6.20 Å². The molecule has 0 aliphatic carbocycles. The fourth-order valence-electron chi connectivity index (χ4n) is 3.81. The van der Waals surface area contributed by atoms with E-state index in [0.29, 0.717) is 24.6 Å². The molecule has 3 aromatic rings. The number of aliphatic hydroxyl groups is 1. The lowest BCUT2D eigenvalue weighted by atomic mass is 9.97. The maximum absolute atomic E-state index is 9.44. The lowest BCUT2D eigenvalue weighted by Crippen LogP contribution is -2.34. The van der Waals surface area contributed by atoms with Gasteiger partial charge in [0.25, 0.3) is 0 Å². The molecule has 4 rings (SSSR count). The summed E-state index contributed by atoms with van der Waals surface area (Å²) in [5, 5.41) is 23.1. The molecule has 28 heavy (non-hydrogen) atoms. The van der Waals surface area contributed by atoms with E-state index in [4.69, 9.17) is 0 Å². The normalized spacial score (nSPS) is 14.8. The van der Waals surface area contributed by atoms with Gasteiger partial charge in [-0.2, -0.15) is 5.26 Å². The molecule has 0 bridgehead atoms. The van der Waals surface area contributed by atoms with Crippen LogP contribution in [0.2, 0.25) is 0 Å². The second-order valence-electron chi connectivity index (χ2n) is 7.31. The number of fused-ring (bicyclic) bond motifs is 1. The summed E-state index contributed by atoms with van der Waals surface area (Å²) in [5.74, 6) is 0.448. The van der Waals surface area contributed by atoms with Gasteiger partial charge in [0, 0.05) is 43.5 Å². The van der Waals surface area contributed by atoms with Gasteiger partial charge in [-0.25, -0.2) is 0 Å². The lowest BCUT2D eigenvalue weighted by Gasteiger charge is -2.33. The second-order valence-corrected chi connectivity index (χ2v) is 7.31. The molecule has 1 aromatic heterocycles. The van der Waals surface area contributed by atoms with Gasteiger partial charge < -0.3 is 15.3 Å². The molecule has 2 heterocycles. The Labute approximate surface area is 165 Å². The molecule has 5 heteroatoms. The van der Waals surface area contributed by atoms with Crippen LogP contribution in [-0.4, -0.2) is 29.8 Å². The van der Waals surface area contributed by atoms with Gasteiger partial charge in [-0.3, -0.25) is 4.98 Å². The molecule has 0 unspecified atom stereocenters. The summed E-state index contributed by atoms with van der Waals surface area (Å²) in [7, 11) is 0. The van der Waals surface area contributed by atoms with Crippen LogP contribution in [0, 0.1) is 17.2 Å². The topological polar surface area (TPSA) is 72.2 Å². The zero-order valence-corrected chi connectivity index (χ0v) is 15.8. The molecule has 1 fully saturated rings. The number of rotatable bonds is 5. The SMILES string of the molecule is N#Cc1cnc2ccccc2c1NCc1ccc(N2CCC(CO)CC2)cc1. The van der Waals surface area contributed by atoms with Crippen molar-refractivity contribution in [3.05, 3.63) is 65.9 Å².